The number of aromatic nitrogens is 2. The molecule has 100 valence electrons. The van der Waals surface area contributed by atoms with E-state index < -0.39 is 0 Å². The minimum Gasteiger partial charge on any atom is -0.496 e. The lowest BCUT2D eigenvalue weighted by Crippen LogP contribution is -2.12. The summed E-state index contributed by atoms with van der Waals surface area (Å²) in [5, 5.41) is 0. The number of ether oxygens (including phenoxy) is 2. The second-order valence-electron chi connectivity index (χ2n) is 4.23. The molecule has 0 aliphatic carbocycles. The topological polar surface area (TPSA) is 64.2 Å². The summed E-state index contributed by atoms with van der Waals surface area (Å²) in [4.78, 5) is 18.1. The minimum absolute atomic E-state index is 0.370. The number of H-pyrrole nitrogens is 1. The maximum absolute atomic E-state index is 11.5. The number of benzene rings is 1. The highest BCUT2D eigenvalue weighted by Crippen LogP contribution is 2.36. The molecular weight excluding hydrogens is 244 g/mol. The van der Waals surface area contributed by atoms with E-state index in [1.54, 1.807) is 14.2 Å². The number of nitrogens with zero attached hydrogens (tertiary/aromatic N) is 1. The molecule has 1 N–H and O–H groups in total. The molecule has 5 heteroatoms. The maximum Gasteiger partial charge on any atom is 0.345 e. The van der Waals surface area contributed by atoms with Gasteiger partial charge in [0.05, 0.1) is 19.9 Å². The van der Waals surface area contributed by atoms with Gasteiger partial charge in [-0.05, 0) is 32.0 Å². The molecule has 2 aromatic rings. The Bertz CT molecular complexity index is 662. The maximum atomic E-state index is 11.5. The van der Waals surface area contributed by atoms with Gasteiger partial charge in [-0.1, -0.05) is 0 Å². The van der Waals surface area contributed by atoms with Crippen molar-refractivity contribution in [2.24, 2.45) is 0 Å². The number of rotatable bonds is 3. The van der Waals surface area contributed by atoms with Gasteiger partial charge in [-0.2, -0.15) is 4.98 Å². The van der Waals surface area contributed by atoms with E-state index >= 15 is 0 Å². The van der Waals surface area contributed by atoms with Crippen molar-refractivity contribution in [2.75, 3.05) is 14.2 Å². The van der Waals surface area contributed by atoms with Gasteiger partial charge in [0.15, 0.2) is 0 Å². The van der Waals surface area contributed by atoms with Crippen LogP contribution in [-0.4, -0.2) is 24.2 Å². The number of aromatic amines is 1. The van der Waals surface area contributed by atoms with Crippen LogP contribution < -0.4 is 15.2 Å². The molecule has 0 radical (unpaired) electrons. The van der Waals surface area contributed by atoms with E-state index in [-0.39, 0.29) is 5.69 Å². The third-order valence-electron chi connectivity index (χ3n) is 2.94. The van der Waals surface area contributed by atoms with Crippen molar-refractivity contribution in [3.63, 3.8) is 0 Å². The molecule has 0 aliphatic rings. The zero-order valence-corrected chi connectivity index (χ0v) is 11.4. The Hall–Kier alpha value is -2.30. The van der Waals surface area contributed by atoms with Crippen molar-refractivity contribution < 1.29 is 9.47 Å². The van der Waals surface area contributed by atoms with Crippen molar-refractivity contribution in [2.45, 2.75) is 13.8 Å². The van der Waals surface area contributed by atoms with Gasteiger partial charge in [0.25, 0.3) is 0 Å². The summed E-state index contributed by atoms with van der Waals surface area (Å²) in [5.41, 5.74) is 2.62. The zero-order chi connectivity index (χ0) is 14.0. The van der Waals surface area contributed by atoms with E-state index in [1.165, 1.54) is 0 Å². The lowest BCUT2D eigenvalue weighted by molar-refractivity contribution is 0.390. The Labute approximate surface area is 111 Å². The molecule has 0 saturated carbocycles. The molecule has 19 heavy (non-hydrogen) atoms. The second kappa shape index (κ2) is 5.14. The van der Waals surface area contributed by atoms with Crippen molar-refractivity contribution in [1.82, 2.24) is 9.97 Å². The van der Waals surface area contributed by atoms with Crippen LogP contribution in [0.15, 0.2) is 23.0 Å². The highest BCUT2D eigenvalue weighted by atomic mass is 16.5. The minimum atomic E-state index is -0.370. The lowest BCUT2D eigenvalue weighted by Gasteiger charge is -2.14. The number of aryl methyl sites for hydroxylation is 1. The molecule has 5 nitrogen and oxygen atoms in total. The molecule has 1 aromatic carbocycles. The number of hydrogen-bond donors (Lipinski definition) is 1. The van der Waals surface area contributed by atoms with Crippen LogP contribution in [0.3, 0.4) is 0 Å². The van der Waals surface area contributed by atoms with Crippen LogP contribution in [0.5, 0.6) is 11.5 Å². The molecular formula is C14H16N2O3. The number of methoxy groups -OCH3 is 2. The molecule has 1 aromatic heterocycles. The highest BCUT2D eigenvalue weighted by Gasteiger charge is 2.14. The van der Waals surface area contributed by atoms with E-state index in [0.29, 0.717) is 11.4 Å². The molecule has 0 fully saturated rings. The predicted molar refractivity (Wildman–Crippen MR) is 72.9 cm³/mol. The van der Waals surface area contributed by atoms with Gasteiger partial charge in [-0.3, -0.25) is 0 Å². The van der Waals surface area contributed by atoms with Gasteiger partial charge in [0.2, 0.25) is 0 Å². The van der Waals surface area contributed by atoms with E-state index in [1.807, 2.05) is 32.0 Å². The second-order valence-corrected chi connectivity index (χ2v) is 4.23. The van der Waals surface area contributed by atoms with Crippen LogP contribution in [0.25, 0.3) is 11.3 Å². The predicted octanol–water partition coefficient (Wildman–Crippen LogP) is 2.07. The van der Waals surface area contributed by atoms with Crippen molar-refractivity contribution in [1.29, 1.82) is 0 Å². The number of nitrogens with one attached hydrogen (secondary N) is 1. The Kier molecular flexibility index (Phi) is 3.55. The van der Waals surface area contributed by atoms with Crippen molar-refractivity contribution in [3.8, 4) is 22.8 Å². The van der Waals surface area contributed by atoms with Crippen molar-refractivity contribution >= 4 is 0 Å². The molecule has 0 aliphatic heterocycles. The number of hydrogen-bond acceptors (Lipinski definition) is 4. The summed E-state index contributed by atoms with van der Waals surface area (Å²) in [5.74, 6) is 1.40. The Morgan fingerprint density at radius 2 is 1.89 bits per heavy atom. The first-order chi connectivity index (χ1) is 9.06. The summed E-state index contributed by atoms with van der Waals surface area (Å²) >= 11 is 0. The lowest BCUT2D eigenvalue weighted by atomic mass is 10.0. The fraction of sp³-hybridized carbons (Fsp3) is 0.286. The summed E-state index contributed by atoms with van der Waals surface area (Å²) in [6, 6.07) is 5.49. The smallest absolute Gasteiger partial charge is 0.345 e. The monoisotopic (exact) mass is 260 g/mol. The third kappa shape index (κ3) is 2.45. The van der Waals surface area contributed by atoms with E-state index in [2.05, 4.69) is 9.97 Å². The molecule has 0 atom stereocenters. The normalized spacial score (nSPS) is 10.3. The first-order valence-corrected chi connectivity index (χ1v) is 5.86. The molecule has 0 bridgehead atoms. The van der Waals surface area contributed by atoms with Gasteiger partial charge in [0.1, 0.15) is 11.5 Å². The van der Waals surface area contributed by atoms with Crippen LogP contribution in [0, 0.1) is 13.8 Å². The quantitative estimate of drug-likeness (QED) is 0.917. The standard InChI is InChI=1S/C14H16N2O3/c1-8-7-11(16-14(17)15-8)10-5-6-12(18-3)9(2)13(10)19-4/h5-7H,1-4H3,(H,15,16,17). The molecule has 0 spiro atoms. The summed E-state index contributed by atoms with van der Waals surface area (Å²) < 4.78 is 10.7. The fourth-order valence-corrected chi connectivity index (χ4v) is 2.08. The average Bonchev–Trinajstić information content (AvgIpc) is 2.37. The van der Waals surface area contributed by atoms with Crippen LogP contribution in [0.2, 0.25) is 0 Å². The summed E-state index contributed by atoms with van der Waals surface area (Å²) in [6.45, 7) is 3.72. The molecule has 1 heterocycles. The highest BCUT2D eigenvalue weighted by molar-refractivity contribution is 5.71. The van der Waals surface area contributed by atoms with Gasteiger partial charge < -0.3 is 14.5 Å². The Morgan fingerprint density at radius 1 is 1.16 bits per heavy atom. The zero-order valence-electron chi connectivity index (χ0n) is 11.4. The van der Waals surface area contributed by atoms with Gasteiger partial charge >= 0.3 is 5.69 Å². The van der Waals surface area contributed by atoms with Crippen molar-refractivity contribution in [3.05, 3.63) is 39.9 Å². The van der Waals surface area contributed by atoms with Crippen LogP contribution in [0.4, 0.5) is 0 Å². The molecule has 0 unspecified atom stereocenters. The first-order valence-electron chi connectivity index (χ1n) is 5.86. The van der Waals surface area contributed by atoms with E-state index in [4.69, 9.17) is 9.47 Å². The van der Waals surface area contributed by atoms with E-state index in [9.17, 15) is 4.79 Å². The van der Waals surface area contributed by atoms with Gasteiger partial charge in [-0.15, -0.1) is 0 Å². The van der Waals surface area contributed by atoms with Crippen LogP contribution >= 0.6 is 0 Å². The Balaban J connectivity index is 2.68. The summed E-state index contributed by atoms with van der Waals surface area (Å²) in [7, 11) is 3.20. The average molecular weight is 260 g/mol. The summed E-state index contributed by atoms with van der Waals surface area (Å²) in [6.07, 6.45) is 0. The van der Waals surface area contributed by atoms with Crippen LogP contribution in [0.1, 0.15) is 11.3 Å². The fourth-order valence-electron chi connectivity index (χ4n) is 2.08. The Morgan fingerprint density at radius 3 is 2.47 bits per heavy atom. The van der Waals surface area contributed by atoms with E-state index in [0.717, 1.165) is 22.6 Å². The molecule has 0 amide bonds. The SMILES string of the molecule is COc1ccc(-c2cc(C)[nH]c(=O)n2)c(OC)c1C. The third-order valence-corrected chi connectivity index (χ3v) is 2.94. The molecule has 0 saturated heterocycles. The first kappa shape index (κ1) is 13.1. The van der Waals surface area contributed by atoms with Crippen LogP contribution in [-0.2, 0) is 0 Å². The van der Waals surface area contributed by atoms with Gasteiger partial charge in [-0.25, -0.2) is 4.79 Å². The van der Waals surface area contributed by atoms with Gasteiger partial charge in [0, 0.05) is 16.8 Å². The largest absolute Gasteiger partial charge is 0.496 e. The molecule has 2 rings (SSSR count).